The van der Waals surface area contributed by atoms with Crippen molar-refractivity contribution in [2.24, 2.45) is 0 Å². The molecule has 0 unspecified atom stereocenters. The molecule has 4 rings (SSSR count). The van der Waals surface area contributed by atoms with Gasteiger partial charge < -0.3 is 15.2 Å². The molecule has 0 saturated carbocycles. The van der Waals surface area contributed by atoms with E-state index in [1.807, 2.05) is 24.3 Å². The molecule has 35 heavy (non-hydrogen) atoms. The maximum atomic E-state index is 13.4. The zero-order valence-electron chi connectivity index (χ0n) is 18.7. The molecule has 0 bridgehead atoms. The number of amides is 1. The van der Waals surface area contributed by atoms with Gasteiger partial charge in [0.15, 0.2) is 0 Å². The summed E-state index contributed by atoms with van der Waals surface area (Å²) in [6.45, 7) is 0.763. The molecule has 1 heterocycles. The van der Waals surface area contributed by atoms with Gasteiger partial charge >= 0.3 is 5.97 Å². The highest BCUT2D eigenvalue weighted by atomic mass is 19.1. The second-order valence-electron chi connectivity index (χ2n) is 7.89. The third-order valence-electron chi connectivity index (χ3n) is 5.13. The van der Waals surface area contributed by atoms with Crippen molar-refractivity contribution in [3.63, 3.8) is 0 Å². The van der Waals surface area contributed by atoms with Gasteiger partial charge in [-0.3, -0.25) is 9.59 Å². The summed E-state index contributed by atoms with van der Waals surface area (Å²) in [4.78, 5) is 23.2. The highest BCUT2D eigenvalue weighted by Gasteiger charge is 2.08. The number of rotatable bonds is 10. The standard InChI is InChI=1S/C26H23FN4O4/c27-21-4-2-6-24(14-21)35-23-5-1-3-19(13-23)15-28-26(34)20-9-7-18(8-10-20)16-31-17-22(29-30-31)11-12-25(32)33/h1-10,13-14,17H,11-12,15-16H2,(H,28,34)(H,32,33). The number of benzene rings is 3. The maximum Gasteiger partial charge on any atom is 0.303 e. The molecule has 4 aromatic rings. The molecule has 0 saturated heterocycles. The van der Waals surface area contributed by atoms with Crippen LogP contribution in [-0.4, -0.2) is 32.0 Å². The van der Waals surface area contributed by atoms with E-state index in [-0.39, 0.29) is 18.1 Å². The Kier molecular flexibility index (Phi) is 7.47. The van der Waals surface area contributed by atoms with E-state index in [2.05, 4.69) is 15.6 Å². The van der Waals surface area contributed by atoms with Crippen LogP contribution in [0.5, 0.6) is 11.5 Å². The van der Waals surface area contributed by atoms with Crippen molar-refractivity contribution in [2.75, 3.05) is 0 Å². The molecule has 0 spiro atoms. The molecule has 1 amide bonds. The Morgan fingerprint density at radius 3 is 2.46 bits per heavy atom. The van der Waals surface area contributed by atoms with Gasteiger partial charge in [0.05, 0.1) is 18.7 Å². The zero-order valence-corrected chi connectivity index (χ0v) is 18.7. The van der Waals surface area contributed by atoms with Gasteiger partial charge in [0.1, 0.15) is 17.3 Å². The predicted molar refractivity (Wildman–Crippen MR) is 126 cm³/mol. The molecule has 8 nitrogen and oxygen atoms in total. The first-order valence-electron chi connectivity index (χ1n) is 10.9. The van der Waals surface area contributed by atoms with Crippen molar-refractivity contribution < 1.29 is 23.8 Å². The number of hydrogen-bond acceptors (Lipinski definition) is 5. The minimum absolute atomic E-state index is 0.00678. The Morgan fingerprint density at radius 2 is 1.71 bits per heavy atom. The summed E-state index contributed by atoms with van der Waals surface area (Å²) >= 11 is 0. The fraction of sp³-hybridized carbons (Fsp3) is 0.154. The number of aliphatic carboxylic acids is 1. The van der Waals surface area contributed by atoms with Crippen LogP contribution in [0, 0.1) is 5.82 Å². The number of carbonyl (C=O) groups excluding carboxylic acids is 1. The Morgan fingerprint density at radius 1 is 0.971 bits per heavy atom. The van der Waals surface area contributed by atoms with Crippen LogP contribution >= 0.6 is 0 Å². The maximum absolute atomic E-state index is 13.4. The highest BCUT2D eigenvalue weighted by Crippen LogP contribution is 2.23. The van der Waals surface area contributed by atoms with Crippen LogP contribution < -0.4 is 10.1 Å². The monoisotopic (exact) mass is 474 g/mol. The van der Waals surface area contributed by atoms with Crippen LogP contribution in [0.15, 0.2) is 79.0 Å². The van der Waals surface area contributed by atoms with Gasteiger partial charge in [0, 0.05) is 30.8 Å². The normalized spacial score (nSPS) is 10.7. The van der Waals surface area contributed by atoms with Crippen LogP contribution in [-0.2, 0) is 24.3 Å². The predicted octanol–water partition coefficient (Wildman–Crippen LogP) is 4.21. The fourth-order valence-corrected chi connectivity index (χ4v) is 3.38. The van der Waals surface area contributed by atoms with Gasteiger partial charge in [-0.25, -0.2) is 9.07 Å². The first-order chi connectivity index (χ1) is 16.9. The van der Waals surface area contributed by atoms with E-state index < -0.39 is 5.97 Å². The van der Waals surface area contributed by atoms with Crippen molar-refractivity contribution in [2.45, 2.75) is 25.9 Å². The Hall–Kier alpha value is -4.53. The summed E-state index contributed by atoms with van der Waals surface area (Å²) < 4.78 is 20.7. The van der Waals surface area contributed by atoms with Crippen LogP contribution in [0.3, 0.4) is 0 Å². The van der Waals surface area contributed by atoms with Crippen LogP contribution in [0.1, 0.15) is 33.6 Å². The summed E-state index contributed by atoms with van der Waals surface area (Å²) in [7, 11) is 0. The number of ether oxygens (including phenoxy) is 1. The summed E-state index contributed by atoms with van der Waals surface area (Å²) in [5, 5.41) is 19.6. The summed E-state index contributed by atoms with van der Waals surface area (Å²) in [6.07, 6.45) is 2.05. The first-order valence-corrected chi connectivity index (χ1v) is 10.9. The van der Waals surface area contributed by atoms with Gasteiger partial charge in [-0.2, -0.15) is 0 Å². The lowest BCUT2D eigenvalue weighted by molar-refractivity contribution is -0.136. The quantitative estimate of drug-likeness (QED) is 0.357. The highest BCUT2D eigenvalue weighted by molar-refractivity contribution is 5.94. The topological polar surface area (TPSA) is 106 Å². The molecule has 0 aliphatic rings. The van der Waals surface area contributed by atoms with Gasteiger partial charge in [-0.1, -0.05) is 35.5 Å². The SMILES string of the molecule is O=C(O)CCc1cn(Cc2ccc(C(=O)NCc3cccc(Oc4cccc(F)c4)c3)cc2)nn1. The molecule has 0 aliphatic carbocycles. The van der Waals surface area contributed by atoms with Crippen molar-refractivity contribution in [1.29, 1.82) is 0 Å². The minimum Gasteiger partial charge on any atom is -0.481 e. The first kappa shape index (κ1) is 23.6. The van der Waals surface area contributed by atoms with Crippen LogP contribution in [0.2, 0.25) is 0 Å². The van der Waals surface area contributed by atoms with Gasteiger partial charge in [-0.15, -0.1) is 5.10 Å². The largest absolute Gasteiger partial charge is 0.481 e. The van der Waals surface area contributed by atoms with Crippen molar-refractivity contribution >= 4 is 11.9 Å². The number of aryl methyl sites for hydroxylation is 1. The average molecular weight is 474 g/mol. The van der Waals surface area contributed by atoms with E-state index in [1.54, 1.807) is 47.3 Å². The molecule has 1 aromatic heterocycles. The number of hydrogen-bond donors (Lipinski definition) is 2. The summed E-state index contributed by atoms with van der Waals surface area (Å²) in [5.74, 6) is -0.527. The van der Waals surface area contributed by atoms with Gasteiger partial charge in [0.25, 0.3) is 5.91 Å². The van der Waals surface area contributed by atoms with E-state index in [0.29, 0.717) is 42.3 Å². The minimum atomic E-state index is -0.877. The summed E-state index contributed by atoms with van der Waals surface area (Å²) in [6, 6.07) is 20.3. The van der Waals surface area contributed by atoms with Gasteiger partial charge in [-0.05, 0) is 47.5 Å². The Bertz CT molecular complexity index is 1320. The molecule has 0 aliphatic heterocycles. The molecule has 0 radical (unpaired) electrons. The van der Waals surface area contributed by atoms with Crippen LogP contribution in [0.4, 0.5) is 4.39 Å². The van der Waals surface area contributed by atoms with E-state index in [0.717, 1.165) is 11.1 Å². The molecule has 178 valence electrons. The number of carboxylic acids is 1. The number of nitrogens with zero attached hydrogens (tertiary/aromatic N) is 3. The number of carbonyl (C=O) groups is 2. The fourth-order valence-electron chi connectivity index (χ4n) is 3.38. The molecular formula is C26H23FN4O4. The molecule has 2 N–H and O–H groups in total. The zero-order chi connectivity index (χ0) is 24.6. The lowest BCUT2D eigenvalue weighted by Gasteiger charge is -2.09. The average Bonchev–Trinajstić information content (AvgIpc) is 3.29. The molecule has 0 fully saturated rings. The summed E-state index contributed by atoms with van der Waals surface area (Å²) in [5.41, 5.74) is 2.91. The van der Waals surface area contributed by atoms with E-state index >= 15 is 0 Å². The van der Waals surface area contributed by atoms with Gasteiger partial charge in [0.2, 0.25) is 0 Å². The molecular weight excluding hydrogens is 451 g/mol. The second-order valence-corrected chi connectivity index (χ2v) is 7.89. The van der Waals surface area contributed by atoms with Crippen molar-refractivity contribution in [3.8, 4) is 11.5 Å². The Balaban J connectivity index is 1.30. The molecule has 0 atom stereocenters. The van der Waals surface area contributed by atoms with Crippen LogP contribution in [0.25, 0.3) is 0 Å². The van der Waals surface area contributed by atoms with E-state index in [4.69, 9.17) is 9.84 Å². The van der Waals surface area contributed by atoms with Crippen molar-refractivity contribution in [1.82, 2.24) is 20.3 Å². The molecule has 3 aromatic carbocycles. The number of aromatic nitrogens is 3. The smallest absolute Gasteiger partial charge is 0.303 e. The second kappa shape index (κ2) is 11.1. The lowest BCUT2D eigenvalue weighted by Crippen LogP contribution is -2.22. The number of halogens is 1. The lowest BCUT2D eigenvalue weighted by atomic mass is 10.1. The molecule has 9 heteroatoms. The Labute approximate surface area is 201 Å². The number of nitrogens with one attached hydrogen (secondary N) is 1. The number of carboxylic acid groups (broad SMARTS) is 1. The van der Waals surface area contributed by atoms with E-state index in [1.165, 1.54) is 12.1 Å². The van der Waals surface area contributed by atoms with E-state index in [9.17, 15) is 14.0 Å². The third-order valence-corrected chi connectivity index (χ3v) is 5.13. The third kappa shape index (κ3) is 6.97. The van der Waals surface area contributed by atoms with Crippen molar-refractivity contribution in [3.05, 3.63) is 107 Å².